The number of hydrogen-bond acceptors (Lipinski definition) is 4. The second-order valence-electron chi connectivity index (χ2n) is 5.23. The molecule has 1 unspecified atom stereocenters. The SMILES string of the molecule is COC(=O)CC1CCCCN1C(=O)c1cnc(C)cc1Cl. The largest absolute Gasteiger partial charge is 0.469 e. The fraction of sp³-hybridized carbons (Fsp3) is 0.533. The molecule has 1 aliphatic heterocycles. The molecule has 21 heavy (non-hydrogen) atoms. The zero-order chi connectivity index (χ0) is 15.4. The average molecular weight is 311 g/mol. The molecule has 2 heterocycles. The van der Waals surface area contributed by atoms with Gasteiger partial charge in [-0.05, 0) is 32.3 Å². The Morgan fingerprint density at radius 2 is 2.24 bits per heavy atom. The van der Waals surface area contributed by atoms with Crippen LogP contribution in [-0.2, 0) is 9.53 Å². The van der Waals surface area contributed by atoms with Crippen molar-refractivity contribution < 1.29 is 14.3 Å². The van der Waals surface area contributed by atoms with Crippen molar-refractivity contribution in [3.8, 4) is 0 Å². The van der Waals surface area contributed by atoms with Gasteiger partial charge < -0.3 is 9.64 Å². The zero-order valence-corrected chi connectivity index (χ0v) is 13.0. The summed E-state index contributed by atoms with van der Waals surface area (Å²) in [6, 6.07) is 1.55. The number of nitrogens with zero attached hydrogens (tertiary/aromatic N) is 2. The van der Waals surface area contributed by atoms with Crippen molar-refractivity contribution in [3.05, 3.63) is 28.5 Å². The molecule has 0 bridgehead atoms. The highest BCUT2D eigenvalue weighted by atomic mass is 35.5. The van der Waals surface area contributed by atoms with Crippen LogP contribution in [0.15, 0.2) is 12.3 Å². The molecule has 1 aromatic rings. The van der Waals surface area contributed by atoms with E-state index in [4.69, 9.17) is 16.3 Å². The normalized spacial score (nSPS) is 18.4. The average Bonchev–Trinajstić information content (AvgIpc) is 2.47. The fourth-order valence-electron chi connectivity index (χ4n) is 2.59. The summed E-state index contributed by atoms with van der Waals surface area (Å²) in [5.74, 6) is -0.464. The van der Waals surface area contributed by atoms with Crippen LogP contribution in [0.3, 0.4) is 0 Å². The lowest BCUT2D eigenvalue weighted by atomic mass is 9.98. The van der Waals surface area contributed by atoms with Crippen molar-refractivity contribution in [1.82, 2.24) is 9.88 Å². The predicted molar refractivity (Wildman–Crippen MR) is 79.3 cm³/mol. The number of rotatable bonds is 3. The van der Waals surface area contributed by atoms with E-state index < -0.39 is 0 Å². The van der Waals surface area contributed by atoms with E-state index in [0.29, 0.717) is 17.1 Å². The first-order valence-electron chi connectivity index (χ1n) is 7.03. The fourth-order valence-corrected chi connectivity index (χ4v) is 2.88. The molecule has 0 saturated carbocycles. The van der Waals surface area contributed by atoms with Crippen LogP contribution in [0.1, 0.15) is 41.7 Å². The number of piperidine rings is 1. The number of carbonyl (C=O) groups is 2. The lowest BCUT2D eigenvalue weighted by Crippen LogP contribution is -2.45. The third-order valence-corrected chi connectivity index (χ3v) is 4.05. The van der Waals surface area contributed by atoms with Gasteiger partial charge in [-0.25, -0.2) is 0 Å². The number of ether oxygens (including phenoxy) is 1. The van der Waals surface area contributed by atoms with E-state index >= 15 is 0 Å². The zero-order valence-electron chi connectivity index (χ0n) is 12.3. The standard InChI is InChI=1S/C15H19ClN2O3/c1-10-7-13(16)12(9-17-10)15(20)18-6-4-3-5-11(18)8-14(19)21-2/h7,9,11H,3-6,8H2,1-2H3. The van der Waals surface area contributed by atoms with Crippen LogP contribution >= 0.6 is 11.6 Å². The van der Waals surface area contributed by atoms with Gasteiger partial charge in [0.05, 0.1) is 24.1 Å². The van der Waals surface area contributed by atoms with E-state index in [0.717, 1.165) is 25.0 Å². The van der Waals surface area contributed by atoms with Crippen LogP contribution < -0.4 is 0 Å². The maximum absolute atomic E-state index is 12.7. The van der Waals surface area contributed by atoms with Crippen molar-refractivity contribution in [2.24, 2.45) is 0 Å². The Kier molecular flexibility index (Phi) is 5.17. The highest BCUT2D eigenvalue weighted by Crippen LogP contribution is 2.25. The molecule has 0 radical (unpaired) electrons. The number of aryl methyl sites for hydroxylation is 1. The van der Waals surface area contributed by atoms with Gasteiger partial charge in [0.2, 0.25) is 0 Å². The number of pyridine rings is 1. The maximum Gasteiger partial charge on any atom is 0.307 e. The summed E-state index contributed by atoms with van der Waals surface area (Å²) in [7, 11) is 1.36. The highest BCUT2D eigenvalue weighted by Gasteiger charge is 2.30. The summed E-state index contributed by atoms with van der Waals surface area (Å²) in [6.07, 6.45) is 4.46. The molecule has 114 valence electrons. The van der Waals surface area contributed by atoms with E-state index in [-0.39, 0.29) is 24.3 Å². The van der Waals surface area contributed by atoms with Gasteiger partial charge in [0.25, 0.3) is 5.91 Å². The summed E-state index contributed by atoms with van der Waals surface area (Å²) in [5, 5.41) is 0.398. The Morgan fingerprint density at radius 1 is 1.48 bits per heavy atom. The highest BCUT2D eigenvalue weighted by molar-refractivity contribution is 6.33. The van der Waals surface area contributed by atoms with E-state index in [1.165, 1.54) is 13.3 Å². The summed E-state index contributed by atoms with van der Waals surface area (Å²) >= 11 is 6.15. The number of likely N-dealkylation sites (tertiary alicyclic amines) is 1. The minimum atomic E-state index is -0.298. The maximum atomic E-state index is 12.7. The molecular formula is C15H19ClN2O3. The molecule has 6 heteroatoms. The van der Waals surface area contributed by atoms with Gasteiger partial charge in [-0.2, -0.15) is 0 Å². The van der Waals surface area contributed by atoms with Gasteiger partial charge in [0, 0.05) is 24.5 Å². The van der Waals surface area contributed by atoms with Crippen LogP contribution in [0.25, 0.3) is 0 Å². The van der Waals surface area contributed by atoms with Gasteiger partial charge in [-0.15, -0.1) is 0 Å². The van der Waals surface area contributed by atoms with Crippen molar-refractivity contribution in [2.45, 2.75) is 38.6 Å². The van der Waals surface area contributed by atoms with Crippen molar-refractivity contribution in [1.29, 1.82) is 0 Å². The van der Waals surface area contributed by atoms with Crippen molar-refractivity contribution >= 4 is 23.5 Å². The van der Waals surface area contributed by atoms with E-state index in [1.807, 2.05) is 6.92 Å². The van der Waals surface area contributed by atoms with Gasteiger partial charge >= 0.3 is 5.97 Å². The number of halogens is 1. The van der Waals surface area contributed by atoms with Crippen molar-refractivity contribution in [2.75, 3.05) is 13.7 Å². The minimum absolute atomic E-state index is 0.129. The van der Waals surface area contributed by atoms with Crippen LogP contribution in [0.5, 0.6) is 0 Å². The van der Waals surface area contributed by atoms with E-state index in [2.05, 4.69) is 4.98 Å². The molecular weight excluding hydrogens is 292 g/mol. The lowest BCUT2D eigenvalue weighted by molar-refractivity contribution is -0.142. The van der Waals surface area contributed by atoms with Crippen LogP contribution in [0, 0.1) is 6.92 Å². The van der Waals surface area contributed by atoms with Gasteiger partial charge in [-0.3, -0.25) is 14.6 Å². The Balaban J connectivity index is 2.20. The first kappa shape index (κ1) is 15.8. The topological polar surface area (TPSA) is 59.5 Å². The number of carbonyl (C=O) groups excluding carboxylic acids is 2. The number of methoxy groups -OCH3 is 1. The molecule has 1 atom stereocenters. The third-order valence-electron chi connectivity index (χ3n) is 3.74. The smallest absolute Gasteiger partial charge is 0.307 e. The second-order valence-corrected chi connectivity index (χ2v) is 5.64. The first-order chi connectivity index (χ1) is 10.0. The Bertz CT molecular complexity index is 548. The molecule has 0 aromatic carbocycles. The minimum Gasteiger partial charge on any atom is -0.469 e. The molecule has 0 aliphatic carbocycles. The monoisotopic (exact) mass is 310 g/mol. The molecule has 2 rings (SSSR count). The Hall–Kier alpha value is -1.62. The molecule has 1 fully saturated rings. The Labute approximate surface area is 129 Å². The number of hydrogen-bond donors (Lipinski definition) is 0. The molecule has 1 saturated heterocycles. The predicted octanol–water partition coefficient (Wildman–Crippen LogP) is 2.60. The van der Waals surface area contributed by atoms with Crippen LogP contribution in [0.4, 0.5) is 0 Å². The third kappa shape index (κ3) is 3.73. The van der Waals surface area contributed by atoms with Crippen LogP contribution in [-0.4, -0.2) is 41.5 Å². The van der Waals surface area contributed by atoms with E-state index in [1.54, 1.807) is 11.0 Å². The molecule has 5 nitrogen and oxygen atoms in total. The molecule has 0 N–H and O–H groups in total. The summed E-state index contributed by atoms with van der Waals surface area (Å²) in [5.41, 5.74) is 1.15. The van der Waals surface area contributed by atoms with Gasteiger partial charge in [0.1, 0.15) is 0 Å². The number of esters is 1. The molecule has 1 amide bonds. The Morgan fingerprint density at radius 3 is 2.90 bits per heavy atom. The summed E-state index contributed by atoms with van der Waals surface area (Å²) in [6.45, 7) is 2.45. The number of aromatic nitrogens is 1. The van der Waals surface area contributed by atoms with Crippen molar-refractivity contribution in [3.63, 3.8) is 0 Å². The first-order valence-corrected chi connectivity index (χ1v) is 7.40. The summed E-state index contributed by atoms with van der Waals surface area (Å²) in [4.78, 5) is 30.0. The lowest BCUT2D eigenvalue weighted by Gasteiger charge is -2.35. The molecule has 0 spiro atoms. The van der Waals surface area contributed by atoms with Crippen LogP contribution in [0.2, 0.25) is 5.02 Å². The quantitative estimate of drug-likeness (QED) is 0.805. The molecule has 1 aromatic heterocycles. The summed E-state index contributed by atoms with van der Waals surface area (Å²) < 4.78 is 4.71. The molecule has 1 aliphatic rings. The van der Waals surface area contributed by atoms with Gasteiger partial charge in [0.15, 0.2) is 0 Å². The number of amides is 1. The van der Waals surface area contributed by atoms with E-state index in [9.17, 15) is 9.59 Å². The second kappa shape index (κ2) is 6.89. The van der Waals surface area contributed by atoms with Gasteiger partial charge in [-0.1, -0.05) is 11.6 Å².